The van der Waals surface area contributed by atoms with Gasteiger partial charge in [0.15, 0.2) is 0 Å². The van der Waals surface area contributed by atoms with Crippen LogP contribution in [0.1, 0.15) is 44.6 Å². The van der Waals surface area contributed by atoms with Crippen molar-refractivity contribution >= 4 is 0 Å². The van der Waals surface area contributed by atoms with E-state index in [0.29, 0.717) is 6.04 Å². The van der Waals surface area contributed by atoms with Gasteiger partial charge in [0.2, 0.25) is 0 Å². The van der Waals surface area contributed by atoms with Gasteiger partial charge >= 0.3 is 0 Å². The van der Waals surface area contributed by atoms with Crippen LogP contribution in [-0.4, -0.2) is 17.6 Å². The van der Waals surface area contributed by atoms with Gasteiger partial charge in [-0.25, -0.2) is 0 Å². The Balaban J connectivity index is 1.93. The number of allylic oxidation sites excluding steroid dienone is 1. The van der Waals surface area contributed by atoms with E-state index in [9.17, 15) is 0 Å². The second-order valence-corrected chi connectivity index (χ2v) is 5.13. The minimum Gasteiger partial charge on any atom is -0.314 e. The summed E-state index contributed by atoms with van der Waals surface area (Å²) in [6.45, 7) is 3.23. The van der Waals surface area contributed by atoms with Crippen molar-refractivity contribution in [3.05, 3.63) is 41.7 Å². The van der Waals surface area contributed by atoms with Crippen LogP contribution < -0.4 is 5.32 Å². The van der Waals surface area contributed by atoms with Crippen molar-refractivity contribution in [3.63, 3.8) is 0 Å². The van der Waals surface area contributed by atoms with E-state index in [1.807, 2.05) is 18.5 Å². The van der Waals surface area contributed by atoms with Crippen molar-refractivity contribution in [2.24, 2.45) is 0 Å². The fourth-order valence-corrected chi connectivity index (χ4v) is 2.72. The van der Waals surface area contributed by atoms with Gasteiger partial charge in [-0.3, -0.25) is 4.98 Å². The van der Waals surface area contributed by atoms with Gasteiger partial charge in [-0.1, -0.05) is 24.6 Å². The predicted molar refractivity (Wildman–Crippen MR) is 76.6 cm³/mol. The van der Waals surface area contributed by atoms with Crippen molar-refractivity contribution in [2.75, 3.05) is 6.54 Å². The van der Waals surface area contributed by atoms with Gasteiger partial charge in [0.25, 0.3) is 0 Å². The Morgan fingerprint density at radius 2 is 2.28 bits per heavy atom. The number of hydrogen-bond donors (Lipinski definition) is 1. The Morgan fingerprint density at radius 1 is 1.33 bits per heavy atom. The zero-order valence-electron chi connectivity index (χ0n) is 11.4. The molecule has 0 saturated carbocycles. The first kappa shape index (κ1) is 13.3. The molecule has 98 valence electrons. The Kier molecular flexibility index (Phi) is 5.40. The number of nitrogens with one attached hydrogen (secondary N) is 1. The number of rotatable bonds is 6. The molecule has 1 aromatic heterocycles. The van der Waals surface area contributed by atoms with Crippen LogP contribution >= 0.6 is 0 Å². The van der Waals surface area contributed by atoms with Crippen molar-refractivity contribution in [2.45, 2.75) is 51.5 Å². The number of pyridine rings is 1. The normalized spacial score (nSPS) is 17.3. The molecule has 0 aliphatic heterocycles. The van der Waals surface area contributed by atoms with E-state index in [-0.39, 0.29) is 0 Å². The van der Waals surface area contributed by atoms with Gasteiger partial charge in [0, 0.05) is 18.4 Å². The van der Waals surface area contributed by atoms with Crippen LogP contribution in [0.5, 0.6) is 0 Å². The Labute approximate surface area is 111 Å². The van der Waals surface area contributed by atoms with E-state index < -0.39 is 0 Å². The highest BCUT2D eigenvalue weighted by Crippen LogP contribution is 2.22. The summed E-state index contributed by atoms with van der Waals surface area (Å²) in [5.74, 6) is 0. The molecule has 2 nitrogen and oxygen atoms in total. The van der Waals surface area contributed by atoms with Gasteiger partial charge in [-0.05, 0) is 56.7 Å². The van der Waals surface area contributed by atoms with Crippen LogP contribution in [-0.2, 0) is 6.42 Å². The molecule has 1 aromatic rings. The van der Waals surface area contributed by atoms with Gasteiger partial charge in [-0.15, -0.1) is 0 Å². The van der Waals surface area contributed by atoms with Gasteiger partial charge in [0.1, 0.15) is 0 Å². The van der Waals surface area contributed by atoms with E-state index in [4.69, 9.17) is 0 Å². The number of hydrogen-bond acceptors (Lipinski definition) is 2. The summed E-state index contributed by atoms with van der Waals surface area (Å²) < 4.78 is 0. The summed E-state index contributed by atoms with van der Waals surface area (Å²) in [7, 11) is 0. The van der Waals surface area contributed by atoms with E-state index in [1.54, 1.807) is 5.57 Å². The number of likely N-dealkylation sites (N-methyl/N-ethyl adjacent to an activating group) is 1. The topological polar surface area (TPSA) is 24.9 Å². The van der Waals surface area contributed by atoms with Crippen molar-refractivity contribution in [3.8, 4) is 0 Å². The van der Waals surface area contributed by atoms with Crippen LogP contribution in [0.3, 0.4) is 0 Å². The molecule has 1 atom stereocenters. The van der Waals surface area contributed by atoms with Gasteiger partial charge in [0.05, 0.1) is 0 Å². The van der Waals surface area contributed by atoms with Crippen LogP contribution in [0.15, 0.2) is 36.2 Å². The van der Waals surface area contributed by atoms with Crippen LogP contribution in [0.2, 0.25) is 0 Å². The summed E-state index contributed by atoms with van der Waals surface area (Å²) in [6.07, 6.45) is 13.9. The van der Waals surface area contributed by atoms with E-state index in [1.165, 1.54) is 37.7 Å². The smallest absolute Gasteiger partial charge is 0.0300 e. The first-order chi connectivity index (χ1) is 8.88. The molecule has 2 rings (SSSR count). The third kappa shape index (κ3) is 4.26. The first-order valence-corrected chi connectivity index (χ1v) is 7.18. The molecule has 18 heavy (non-hydrogen) atoms. The lowest BCUT2D eigenvalue weighted by atomic mass is 9.92. The SMILES string of the molecule is CCNC(CC1=CCCCC1)Cc1cccnc1. The lowest BCUT2D eigenvalue weighted by Crippen LogP contribution is -2.31. The minimum atomic E-state index is 0.559. The third-order valence-corrected chi connectivity index (χ3v) is 3.59. The highest BCUT2D eigenvalue weighted by atomic mass is 14.9. The zero-order chi connectivity index (χ0) is 12.6. The van der Waals surface area contributed by atoms with Crippen LogP contribution in [0.25, 0.3) is 0 Å². The quantitative estimate of drug-likeness (QED) is 0.775. The molecular weight excluding hydrogens is 220 g/mol. The fraction of sp³-hybridized carbons (Fsp3) is 0.562. The summed E-state index contributed by atoms with van der Waals surface area (Å²) in [5, 5.41) is 3.61. The Morgan fingerprint density at radius 3 is 2.94 bits per heavy atom. The fourth-order valence-electron chi connectivity index (χ4n) is 2.72. The van der Waals surface area contributed by atoms with Crippen LogP contribution in [0, 0.1) is 0 Å². The third-order valence-electron chi connectivity index (χ3n) is 3.59. The maximum absolute atomic E-state index is 4.20. The number of aromatic nitrogens is 1. The maximum atomic E-state index is 4.20. The Bertz CT molecular complexity index is 370. The number of nitrogens with zero attached hydrogens (tertiary/aromatic N) is 1. The second-order valence-electron chi connectivity index (χ2n) is 5.13. The summed E-state index contributed by atoms with van der Waals surface area (Å²) in [5.41, 5.74) is 2.98. The molecule has 2 heteroatoms. The molecule has 0 radical (unpaired) electrons. The summed E-state index contributed by atoms with van der Waals surface area (Å²) in [6, 6.07) is 4.76. The van der Waals surface area contributed by atoms with Crippen molar-refractivity contribution in [1.29, 1.82) is 0 Å². The average Bonchev–Trinajstić information content (AvgIpc) is 2.41. The molecule has 1 unspecified atom stereocenters. The lowest BCUT2D eigenvalue weighted by molar-refractivity contribution is 0.503. The van der Waals surface area contributed by atoms with E-state index >= 15 is 0 Å². The van der Waals surface area contributed by atoms with E-state index in [0.717, 1.165) is 13.0 Å². The van der Waals surface area contributed by atoms with Gasteiger partial charge < -0.3 is 5.32 Å². The molecule has 1 aliphatic rings. The molecule has 1 N–H and O–H groups in total. The van der Waals surface area contributed by atoms with Crippen LogP contribution in [0.4, 0.5) is 0 Å². The zero-order valence-corrected chi connectivity index (χ0v) is 11.4. The molecule has 0 bridgehead atoms. The molecule has 0 fully saturated rings. The largest absolute Gasteiger partial charge is 0.314 e. The highest BCUT2D eigenvalue weighted by Gasteiger charge is 2.12. The highest BCUT2D eigenvalue weighted by molar-refractivity contribution is 5.13. The molecule has 1 heterocycles. The maximum Gasteiger partial charge on any atom is 0.0300 e. The monoisotopic (exact) mass is 244 g/mol. The Hall–Kier alpha value is -1.15. The standard InChI is InChI=1S/C16H24N2/c1-2-18-16(11-14-7-4-3-5-8-14)12-15-9-6-10-17-13-15/h6-7,9-10,13,16,18H,2-5,8,11-12H2,1H3. The predicted octanol–water partition coefficient (Wildman–Crippen LogP) is 3.49. The summed E-state index contributed by atoms with van der Waals surface area (Å²) >= 11 is 0. The van der Waals surface area contributed by atoms with Crippen molar-refractivity contribution in [1.82, 2.24) is 10.3 Å². The van der Waals surface area contributed by atoms with Crippen molar-refractivity contribution < 1.29 is 0 Å². The first-order valence-electron chi connectivity index (χ1n) is 7.18. The molecule has 0 aromatic carbocycles. The minimum absolute atomic E-state index is 0.559. The molecule has 0 spiro atoms. The lowest BCUT2D eigenvalue weighted by Gasteiger charge is -2.21. The summed E-state index contributed by atoms with van der Waals surface area (Å²) in [4.78, 5) is 4.20. The molecular formula is C16H24N2. The molecule has 1 aliphatic carbocycles. The molecule has 0 saturated heterocycles. The average molecular weight is 244 g/mol. The molecule has 0 amide bonds. The second kappa shape index (κ2) is 7.32. The van der Waals surface area contributed by atoms with E-state index in [2.05, 4.69) is 29.4 Å². The van der Waals surface area contributed by atoms with Gasteiger partial charge in [-0.2, -0.15) is 0 Å².